The van der Waals surface area contributed by atoms with Gasteiger partial charge in [0.25, 0.3) is 0 Å². The Morgan fingerprint density at radius 3 is 1.34 bits per heavy atom. The number of hydrogen-bond donors (Lipinski definition) is 6. The Labute approximate surface area is 420 Å². The Kier molecular flexibility index (Phi) is 15.9. The number of anilines is 6. The fraction of sp³-hybridized carbons (Fsp3) is 0.0238. The highest BCUT2D eigenvalue weighted by atomic mass is 35.5. The Morgan fingerprint density at radius 1 is 0.493 bits per heavy atom. The first-order chi connectivity index (χ1) is 33.8. The third kappa shape index (κ3) is 13.0. The first-order valence-corrected chi connectivity index (χ1v) is 22.7. The second-order valence-electron chi connectivity index (χ2n) is 13.6. The number of benzene rings is 3. The third-order valence-corrected chi connectivity index (χ3v) is 11.9. The van der Waals surface area contributed by atoms with Crippen molar-refractivity contribution in [3.63, 3.8) is 0 Å². The molecule has 29 heteroatoms. The highest BCUT2D eigenvalue weighted by Gasteiger charge is 2.18. The molecule has 0 bridgehead atoms. The van der Waals surface area contributed by atoms with Crippen LogP contribution in [0.1, 0.15) is 16.7 Å². The minimum Gasteiger partial charge on any atom is -0.307 e. The van der Waals surface area contributed by atoms with Crippen molar-refractivity contribution in [3.05, 3.63) is 140 Å². The number of hydrogen-bond acceptors (Lipinski definition) is 14. The number of fused-ring (bicyclic) bond motifs is 3. The minimum atomic E-state index is -1.06. The molecule has 0 saturated carbocycles. The molecule has 358 valence electrons. The molecule has 71 heavy (non-hydrogen) atoms. The van der Waals surface area contributed by atoms with Crippen molar-refractivity contribution in [1.29, 1.82) is 10.5 Å². The monoisotopic (exact) mass is 1080 g/mol. The van der Waals surface area contributed by atoms with Gasteiger partial charge in [-0.2, -0.15) is 10.5 Å². The molecule has 0 atom stereocenters. The second kappa shape index (κ2) is 22.2. The predicted molar refractivity (Wildman–Crippen MR) is 258 cm³/mol. The van der Waals surface area contributed by atoms with E-state index in [0.717, 1.165) is 64.3 Å². The van der Waals surface area contributed by atoms with Gasteiger partial charge >= 0.3 is 18.1 Å². The van der Waals surface area contributed by atoms with E-state index in [9.17, 15) is 40.7 Å². The number of amides is 6. The molecule has 17 nitrogen and oxygen atoms in total. The highest BCUT2D eigenvalue weighted by molar-refractivity contribution is 7.22. The minimum absolute atomic E-state index is 0.135. The lowest BCUT2D eigenvalue weighted by Crippen LogP contribution is -2.21. The average Bonchev–Trinajstić information content (AvgIpc) is 4.01. The number of aryl methyl sites for hydroxylation is 1. The fourth-order valence-electron chi connectivity index (χ4n) is 5.60. The molecule has 6 N–H and O–H groups in total. The molecule has 0 unspecified atom stereocenters. The maximum Gasteiger partial charge on any atom is 0.325 e. The van der Waals surface area contributed by atoms with E-state index in [-0.39, 0.29) is 26.2 Å². The second-order valence-corrected chi connectivity index (χ2v) is 17.7. The molecule has 0 spiro atoms. The van der Waals surface area contributed by atoms with Crippen LogP contribution in [0.2, 0.25) is 15.5 Å². The van der Waals surface area contributed by atoms with Crippen molar-refractivity contribution in [3.8, 4) is 12.1 Å². The number of halogens is 9. The standard InChI is InChI=1S/2C14H6ClF2N5OS.C14H9ClF2N4OS/c15-11-2-1-9-12(21-11)24-14(20-9)22-13(23)19-10-4-7(16)6(5-18)3-8(10)17;15-11-2-1-10-12(21-11)24-14(20-10)22-13(23)19-6-3-8(16)7(5-18)9(17)4-6;1-6-4-7(16)11(8(17)5-6)20-13(22)21-14-18-9-2-3-10(15)19-12(9)23-14/h2*1-4H,(H2,19,20,22,23);2-5H,1H3,(H2,18,20,21,22). The van der Waals surface area contributed by atoms with E-state index in [2.05, 4.69) is 61.8 Å². The summed E-state index contributed by atoms with van der Waals surface area (Å²) >= 11 is 20.6. The van der Waals surface area contributed by atoms with Crippen molar-refractivity contribution >= 4 is 150 Å². The van der Waals surface area contributed by atoms with E-state index in [4.69, 9.17) is 45.3 Å². The molecule has 6 heterocycles. The van der Waals surface area contributed by atoms with Gasteiger partial charge in [0.1, 0.15) is 105 Å². The molecule has 0 aliphatic rings. The summed E-state index contributed by atoms with van der Waals surface area (Å²) in [6.45, 7) is 1.55. The van der Waals surface area contributed by atoms with Crippen LogP contribution < -0.4 is 31.9 Å². The van der Waals surface area contributed by atoms with Crippen molar-refractivity contribution < 1.29 is 40.7 Å². The maximum absolute atomic E-state index is 13.7. The van der Waals surface area contributed by atoms with Crippen molar-refractivity contribution in [2.24, 2.45) is 0 Å². The van der Waals surface area contributed by atoms with Gasteiger partial charge in [0.05, 0.1) is 11.3 Å². The molecular formula is C42H21Cl3F6N14O3S3. The Balaban J connectivity index is 0.000000157. The molecule has 0 aliphatic heterocycles. The van der Waals surface area contributed by atoms with E-state index < -0.39 is 75.5 Å². The molecule has 6 amide bonds. The molecular weight excluding hydrogens is 1070 g/mol. The Morgan fingerprint density at radius 2 is 0.915 bits per heavy atom. The number of aromatic nitrogens is 6. The summed E-state index contributed by atoms with van der Waals surface area (Å²) in [5, 5.41) is 32.6. The van der Waals surface area contributed by atoms with Crippen LogP contribution in [0, 0.1) is 64.5 Å². The van der Waals surface area contributed by atoms with Crippen molar-refractivity contribution in [2.75, 3.05) is 31.9 Å². The molecule has 0 saturated heterocycles. The zero-order valence-electron chi connectivity index (χ0n) is 34.9. The summed E-state index contributed by atoms with van der Waals surface area (Å²) in [5.41, 5.74) is -0.152. The summed E-state index contributed by atoms with van der Waals surface area (Å²) in [7, 11) is 0. The van der Waals surface area contributed by atoms with Gasteiger partial charge in [-0.05, 0) is 79.2 Å². The van der Waals surface area contributed by atoms with Crippen LogP contribution in [0.3, 0.4) is 0 Å². The first-order valence-electron chi connectivity index (χ1n) is 19.1. The lowest BCUT2D eigenvalue weighted by atomic mass is 10.2. The number of nitriles is 2. The fourth-order valence-corrected chi connectivity index (χ4v) is 8.69. The summed E-state index contributed by atoms with van der Waals surface area (Å²) in [6.07, 6.45) is 0. The van der Waals surface area contributed by atoms with Crippen molar-refractivity contribution in [1.82, 2.24) is 29.9 Å². The normalized spacial score (nSPS) is 10.5. The number of carbonyl (C=O) groups is 3. The predicted octanol–water partition coefficient (Wildman–Crippen LogP) is 12.9. The molecule has 6 aromatic heterocycles. The van der Waals surface area contributed by atoms with E-state index in [1.165, 1.54) is 12.1 Å². The van der Waals surface area contributed by atoms with E-state index in [0.29, 0.717) is 53.0 Å². The van der Waals surface area contributed by atoms with Crippen LogP contribution in [-0.2, 0) is 0 Å². The van der Waals surface area contributed by atoms with E-state index in [1.54, 1.807) is 43.3 Å². The molecule has 0 fully saturated rings. The van der Waals surface area contributed by atoms with Crippen LogP contribution in [0.5, 0.6) is 0 Å². The van der Waals surface area contributed by atoms with E-state index in [1.807, 2.05) is 0 Å². The van der Waals surface area contributed by atoms with E-state index >= 15 is 0 Å². The maximum atomic E-state index is 13.7. The number of rotatable bonds is 6. The number of urea groups is 3. The van der Waals surface area contributed by atoms with Crippen molar-refractivity contribution in [2.45, 2.75) is 6.92 Å². The van der Waals surface area contributed by atoms with Gasteiger partial charge in [0.15, 0.2) is 15.4 Å². The largest absolute Gasteiger partial charge is 0.325 e. The number of thiazole rings is 3. The average molecular weight is 1090 g/mol. The quantitative estimate of drug-likeness (QED) is 0.0675. The lowest BCUT2D eigenvalue weighted by molar-refractivity contribution is 0.261. The van der Waals surface area contributed by atoms with Crippen LogP contribution in [-0.4, -0.2) is 48.0 Å². The van der Waals surface area contributed by atoms with Crippen LogP contribution in [0.15, 0.2) is 72.8 Å². The zero-order chi connectivity index (χ0) is 51.1. The Bertz CT molecular complexity index is 3620. The number of pyridine rings is 3. The molecule has 0 aliphatic carbocycles. The molecule has 0 radical (unpaired) electrons. The van der Waals surface area contributed by atoms with Crippen LogP contribution in [0.4, 0.5) is 73.2 Å². The van der Waals surface area contributed by atoms with Gasteiger partial charge < -0.3 is 16.0 Å². The molecule has 3 aromatic carbocycles. The summed E-state index contributed by atoms with van der Waals surface area (Å²) < 4.78 is 81.6. The third-order valence-electron chi connectivity index (χ3n) is 8.59. The number of nitrogens with zero attached hydrogens (tertiary/aromatic N) is 8. The molecule has 9 aromatic rings. The van der Waals surface area contributed by atoms with Gasteiger partial charge in [-0.15, -0.1) is 0 Å². The van der Waals surface area contributed by atoms with Gasteiger partial charge in [-0.3, -0.25) is 16.0 Å². The number of nitrogens with one attached hydrogen (secondary N) is 6. The van der Waals surface area contributed by atoms with Gasteiger partial charge in [0, 0.05) is 11.8 Å². The van der Waals surface area contributed by atoms with Gasteiger partial charge in [-0.25, -0.2) is 70.6 Å². The lowest BCUT2D eigenvalue weighted by Gasteiger charge is -2.08. The summed E-state index contributed by atoms with van der Waals surface area (Å²) in [6, 6.07) is 15.6. The first kappa shape index (κ1) is 50.9. The van der Waals surface area contributed by atoms with Gasteiger partial charge in [-0.1, -0.05) is 68.8 Å². The topological polar surface area (TPSA) is 248 Å². The van der Waals surface area contributed by atoms with Gasteiger partial charge in [0.2, 0.25) is 0 Å². The van der Waals surface area contributed by atoms with Crippen LogP contribution in [0.25, 0.3) is 31.0 Å². The summed E-state index contributed by atoms with van der Waals surface area (Å²) in [4.78, 5) is 61.8. The highest BCUT2D eigenvalue weighted by Crippen LogP contribution is 2.29. The SMILES string of the molecule is Cc1cc(F)c(NC(=O)Nc2nc3ccc(Cl)nc3s2)c(F)c1.N#Cc1c(F)cc(NC(=O)Nc2nc3ccc(Cl)nc3s2)cc1F.N#Cc1cc(F)c(NC(=O)Nc2nc3ccc(Cl)nc3s2)cc1F. The Hall–Kier alpha value is -7.98. The van der Waals surface area contributed by atoms with Crippen LogP contribution >= 0.6 is 68.8 Å². The molecule has 9 rings (SSSR count). The smallest absolute Gasteiger partial charge is 0.307 e. The zero-order valence-corrected chi connectivity index (χ0v) is 39.6. The summed E-state index contributed by atoms with van der Waals surface area (Å²) in [5.74, 6) is -5.70. The number of carbonyl (C=O) groups excluding carboxylic acids is 3.